The smallest absolute Gasteiger partial charge is 0.303 e. The Labute approximate surface area is 95.4 Å². The zero-order chi connectivity index (χ0) is 12.0. The molecule has 16 heavy (non-hydrogen) atoms. The van der Waals surface area contributed by atoms with Gasteiger partial charge in [-0.3, -0.25) is 9.59 Å². The highest BCUT2D eigenvalue weighted by molar-refractivity contribution is 5.80. The number of carbonyl (C=O) groups excluding carboxylic acids is 1. The molecule has 1 heterocycles. The number of carboxylic acid groups (broad SMARTS) is 1. The average molecular weight is 229 g/mol. The summed E-state index contributed by atoms with van der Waals surface area (Å²) in [4.78, 5) is 23.8. The van der Waals surface area contributed by atoms with Crippen LogP contribution in [0.2, 0.25) is 0 Å². The van der Waals surface area contributed by atoms with Gasteiger partial charge in [0.15, 0.2) is 0 Å². The summed E-state index contributed by atoms with van der Waals surface area (Å²) in [5.41, 5.74) is 0. The fourth-order valence-electron chi connectivity index (χ4n) is 2.04. The number of methoxy groups -OCH3 is 1. The van der Waals surface area contributed by atoms with Crippen molar-refractivity contribution in [2.75, 3.05) is 26.8 Å². The van der Waals surface area contributed by atoms with Crippen LogP contribution in [0.25, 0.3) is 0 Å². The number of carboxylic acids is 1. The van der Waals surface area contributed by atoms with Crippen molar-refractivity contribution >= 4 is 11.9 Å². The summed E-state index contributed by atoms with van der Waals surface area (Å²) in [6, 6.07) is 0. The number of amides is 1. The maximum Gasteiger partial charge on any atom is 0.303 e. The van der Waals surface area contributed by atoms with Crippen molar-refractivity contribution in [2.24, 2.45) is 5.92 Å². The van der Waals surface area contributed by atoms with Gasteiger partial charge in [0.2, 0.25) is 5.91 Å². The molecule has 1 aliphatic rings. The van der Waals surface area contributed by atoms with Crippen molar-refractivity contribution in [1.29, 1.82) is 0 Å². The van der Waals surface area contributed by atoms with E-state index in [1.807, 2.05) is 0 Å². The third kappa shape index (κ3) is 4.18. The quantitative estimate of drug-likeness (QED) is 0.755. The zero-order valence-corrected chi connectivity index (χ0v) is 9.65. The standard InChI is InChI=1S/C11H19NO4/c1-16-8-9-3-2-6-12(7-9)10(13)4-5-11(14)15/h9H,2-8H2,1H3,(H,14,15)/t9-/m0/s1. The van der Waals surface area contributed by atoms with Crippen LogP contribution >= 0.6 is 0 Å². The summed E-state index contributed by atoms with van der Waals surface area (Å²) >= 11 is 0. The van der Waals surface area contributed by atoms with Crippen LogP contribution in [-0.4, -0.2) is 48.7 Å². The topological polar surface area (TPSA) is 66.8 Å². The van der Waals surface area contributed by atoms with Gasteiger partial charge < -0.3 is 14.7 Å². The van der Waals surface area contributed by atoms with Gasteiger partial charge in [-0.25, -0.2) is 0 Å². The normalized spacial score (nSPS) is 20.8. The van der Waals surface area contributed by atoms with Gasteiger partial charge in [0.1, 0.15) is 0 Å². The van der Waals surface area contributed by atoms with E-state index < -0.39 is 5.97 Å². The number of hydrogen-bond acceptors (Lipinski definition) is 3. The van der Waals surface area contributed by atoms with Crippen molar-refractivity contribution in [3.05, 3.63) is 0 Å². The minimum Gasteiger partial charge on any atom is -0.481 e. The number of nitrogens with zero attached hydrogens (tertiary/aromatic N) is 1. The van der Waals surface area contributed by atoms with Crippen LogP contribution in [0.15, 0.2) is 0 Å². The van der Waals surface area contributed by atoms with E-state index in [2.05, 4.69) is 0 Å². The van der Waals surface area contributed by atoms with Gasteiger partial charge >= 0.3 is 5.97 Å². The second-order valence-corrected chi connectivity index (χ2v) is 4.20. The van der Waals surface area contributed by atoms with Gasteiger partial charge in [-0.1, -0.05) is 0 Å². The lowest BCUT2D eigenvalue weighted by atomic mass is 9.98. The summed E-state index contributed by atoms with van der Waals surface area (Å²) in [5, 5.41) is 8.51. The number of aliphatic carboxylic acids is 1. The third-order valence-electron chi connectivity index (χ3n) is 2.83. The molecule has 0 aromatic heterocycles. The molecule has 1 rings (SSSR count). The van der Waals surface area contributed by atoms with Crippen molar-refractivity contribution in [2.45, 2.75) is 25.7 Å². The molecule has 1 atom stereocenters. The van der Waals surface area contributed by atoms with Gasteiger partial charge in [-0.15, -0.1) is 0 Å². The van der Waals surface area contributed by atoms with Crippen LogP contribution in [-0.2, 0) is 14.3 Å². The Hall–Kier alpha value is -1.10. The molecule has 0 saturated carbocycles. The summed E-state index contributed by atoms with van der Waals surface area (Å²) in [6.07, 6.45) is 2.09. The molecule has 92 valence electrons. The van der Waals surface area contributed by atoms with Crippen LogP contribution in [0, 0.1) is 5.92 Å². The predicted molar refractivity (Wildman–Crippen MR) is 58.0 cm³/mol. The van der Waals surface area contributed by atoms with Gasteiger partial charge in [-0.05, 0) is 18.8 Å². The van der Waals surface area contributed by atoms with E-state index >= 15 is 0 Å². The van der Waals surface area contributed by atoms with E-state index in [0.717, 1.165) is 19.4 Å². The fraction of sp³-hybridized carbons (Fsp3) is 0.818. The lowest BCUT2D eigenvalue weighted by molar-refractivity contribution is -0.141. The average Bonchev–Trinajstić information content (AvgIpc) is 2.26. The first-order chi connectivity index (χ1) is 7.63. The van der Waals surface area contributed by atoms with Crippen LogP contribution < -0.4 is 0 Å². The second kappa shape index (κ2) is 6.48. The largest absolute Gasteiger partial charge is 0.481 e. The highest BCUT2D eigenvalue weighted by atomic mass is 16.5. The molecule has 1 fully saturated rings. The number of carbonyl (C=O) groups is 2. The maximum absolute atomic E-state index is 11.7. The molecule has 1 amide bonds. The predicted octanol–water partition coefficient (Wildman–Crippen LogP) is 0.736. The first-order valence-corrected chi connectivity index (χ1v) is 5.62. The molecule has 0 bridgehead atoms. The lowest BCUT2D eigenvalue weighted by Gasteiger charge is -2.32. The summed E-state index contributed by atoms with van der Waals surface area (Å²) in [6.45, 7) is 2.12. The highest BCUT2D eigenvalue weighted by Gasteiger charge is 2.23. The lowest BCUT2D eigenvalue weighted by Crippen LogP contribution is -2.41. The second-order valence-electron chi connectivity index (χ2n) is 4.20. The van der Waals surface area contributed by atoms with E-state index in [9.17, 15) is 9.59 Å². The first kappa shape index (κ1) is 13.0. The Balaban J connectivity index is 2.34. The van der Waals surface area contributed by atoms with E-state index in [4.69, 9.17) is 9.84 Å². The van der Waals surface area contributed by atoms with E-state index in [1.54, 1.807) is 12.0 Å². The molecular weight excluding hydrogens is 210 g/mol. The Morgan fingerprint density at radius 2 is 2.19 bits per heavy atom. The molecule has 5 heteroatoms. The number of rotatable bonds is 5. The Kier molecular flexibility index (Phi) is 5.25. The molecule has 0 aromatic rings. The Morgan fingerprint density at radius 1 is 1.44 bits per heavy atom. The molecule has 0 radical (unpaired) electrons. The molecule has 0 aromatic carbocycles. The van der Waals surface area contributed by atoms with Crippen molar-refractivity contribution in [3.63, 3.8) is 0 Å². The van der Waals surface area contributed by atoms with Gasteiger partial charge in [0.25, 0.3) is 0 Å². The zero-order valence-electron chi connectivity index (χ0n) is 9.65. The van der Waals surface area contributed by atoms with Crippen LogP contribution in [0.3, 0.4) is 0 Å². The summed E-state index contributed by atoms with van der Waals surface area (Å²) in [7, 11) is 1.66. The van der Waals surface area contributed by atoms with E-state index in [-0.39, 0.29) is 18.7 Å². The summed E-state index contributed by atoms with van der Waals surface area (Å²) in [5.74, 6) is -0.575. The van der Waals surface area contributed by atoms with Crippen LogP contribution in [0.1, 0.15) is 25.7 Å². The Morgan fingerprint density at radius 3 is 2.81 bits per heavy atom. The molecular formula is C11H19NO4. The number of ether oxygens (including phenoxy) is 1. The fourth-order valence-corrected chi connectivity index (χ4v) is 2.04. The van der Waals surface area contributed by atoms with Crippen molar-refractivity contribution in [3.8, 4) is 0 Å². The molecule has 1 saturated heterocycles. The highest BCUT2D eigenvalue weighted by Crippen LogP contribution is 2.17. The molecule has 5 nitrogen and oxygen atoms in total. The molecule has 1 aliphatic heterocycles. The van der Waals surface area contributed by atoms with Crippen LogP contribution in [0.4, 0.5) is 0 Å². The van der Waals surface area contributed by atoms with Crippen LogP contribution in [0.5, 0.6) is 0 Å². The van der Waals surface area contributed by atoms with Gasteiger partial charge in [0.05, 0.1) is 13.0 Å². The first-order valence-electron chi connectivity index (χ1n) is 5.62. The molecule has 1 N–H and O–H groups in total. The van der Waals surface area contributed by atoms with E-state index in [0.29, 0.717) is 19.1 Å². The Bertz CT molecular complexity index is 252. The van der Waals surface area contributed by atoms with E-state index in [1.165, 1.54) is 0 Å². The minimum atomic E-state index is -0.918. The third-order valence-corrected chi connectivity index (χ3v) is 2.83. The van der Waals surface area contributed by atoms with Crippen molar-refractivity contribution in [1.82, 2.24) is 4.90 Å². The monoisotopic (exact) mass is 229 g/mol. The molecule has 0 aliphatic carbocycles. The SMILES string of the molecule is COC[C@H]1CCCN(C(=O)CCC(=O)O)C1. The number of likely N-dealkylation sites (tertiary alicyclic amines) is 1. The number of hydrogen-bond donors (Lipinski definition) is 1. The van der Waals surface area contributed by atoms with Gasteiger partial charge in [-0.2, -0.15) is 0 Å². The maximum atomic E-state index is 11.7. The minimum absolute atomic E-state index is 0.0526. The molecule has 0 spiro atoms. The number of piperidine rings is 1. The summed E-state index contributed by atoms with van der Waals surface area (Å²) < 4.78 is 5.08. The van der Waals surface area contributed by atoms with Crippen molar-refractivity contribution < 1.29 is 19.4 Å². The molecule has 0 unspecified atom stereocenters. The van der Waals surface area contributed by atoms with Gasteiger partial charge in [0, 0.05) is 26.6 Å².